The molecule has 9 rings (SSSR count). The maximum Gasteiger partial charge on any atom is 0.143 e. The zero-order chi connectivity index (χ0) is 45.4. The van der Waals surface area contributed by atoms with Gasteiger partial charge < -0.3 is 8.83 Å². The van der Waals surface area contributed by atoms with Gasteiger partial charge in [0, 0.05) is 32.7 Å². The van der Waals surface area contributed by atoms with E-state index in [4.69, 9.17) is 29.4 Å². The molecule has 0 aliphatic rings. The van der Waals surface area contributed by atoms with Gasteiger partial charge in [-0.15, -0.1) is 0 Å². The number of para-hydroxylation sites is 3. The van der Waals surface area contributed by atoms with E-state index in [0.717, 1.165) is 0 Å². The minimum absolute atomic E-state index is 0.331. The van der Waals surface area contributed by atoms with Crippen LogP contribution in [-0.4, -0.2) is 0 Å². The van der Waals surface area contributed by atoms with E-state index < -0.39 is 204 Å². The van der Waals surface area contributed by atoms with Crippen LogP contribution in [0.3, 0.4) is 0 Å². The highest BCUT2D eigenvalue weighted by atomic mass is 16.3. The molecule has 0 saturated carbocycles. The number of rotatable bonds is 2. The smallest absolute Gasteiger partial charge is 0.143 e. The summed E-state index contributed by atoms with van der Waals surface area (Å²) in [6.07, 6.45) is 0. The quantitative estimate of drug-likeness (QED) is 0.207. The molecule has 9 aromatic rings. The summed E-state index contributed by atoms with van der Waals surface area (Å²) in [5, 5.41) is -3.93. The summed E-state index contributed by atoms with van der Waals surface area (Å²) < 4.78 is 206. The molecule has 0 spiro atoms. The van der Waals surface area contributed by atoms with Crippen LogP contribution in [0.5, 0.6) is 0 Å². The molecule has 0 N–H and O–H groups in total. The van der Waals surface area contributed by atoms with Crippen molar-refractivity contribution in [2.24, 2.45) is 0 Å². The Morgan fingerprint density at radius 1 is 0.375 bits per heavy atom. The summed E-state index contributed by atoms with van der Waals surface area (Å²) in [5.74, 6) is 0. The Kier molecular flexibility index (Phi) is 1.90. The SMILES string of the molecule is [2H]c1c([2H])c([2H])c2c(oc3c([2H])c(-c4c5c([2H])c([2H])c([2H])c([2H])c5c(-c5c([2H])c([2H])c([2H])c6c5oc5c([2H])c([2H])c([2H])c([2H])c56)c5c([2H])c([2H])c([2H])c([2H])c45)c([2H])c([2H])c32)c1[2H]. The Morgan fingerprint density at radius 3 is 1.55 bits per heavy atom. The van der Waals surface area contributed by atoms with Gasteiger partial charge in [0.25, 0.3) is 0 Å². The standard InChI is InChI=1S/C38H22O2/c1-3-14-29-27(12-1)36(23-20-21-26-24-10-5-7-18-33(24)39-35(26)22-23)28-13-2-4-15-30(28)37(29)32-17-9-16-31-25-11-6-8-19-34(25)40-38(31)32/h1-22H/i1D,2D,3D,4D,5D,6D,7D,8D,9D,10D,11D,12D,13D,14D,15D,16D,17D,18D,19D,20D,21D,22D. The molecule has 0 aliphatic carbocycles. The van der Waals surface area contributed by atoms with Gasteiger partial charge in [0.2, 0.25) is 0 Å². The van der Waals surface area contributed by atoms with Crippen LogP contribution in [0.2, 0.25) is 0 Å². The number of hydrogen-bond acceptors (Lipinski definition) is 2. The van der Waals surface area contributed by atoms with Crippen molar-refractivity contribution >= 4 is 65.4 Å². The van der Waals surface area contributed by atoms with E-state index in [9.17, 15) is 9.60 Å². The van der Waals surface area contributed by atoms with Gasteiger partial charge in [-0.2, -0.15) is 0 Å². The summed E-state index contributed by atoms with van der Waals surface area (Å²) in [7, 11) is 0. The fourth-order valence-electron chi connectivity index (χ4n) is 5.05. The molecule has 0 atom stereocenters. The summed E-state index contributed by atoms with van der Waals surface area (Å²) >= 11 is 0. The number of benzene rings is 7. The Balaban J connectivity index is 1.63. The maximum atomic E-state index is 9.48. The fourth-order valence-corrected chi connectivity index (χ4v) is 5.05. The first-order valence-electron chi connectivity index (χ1n) is 22.8. The van der Waals surface area contributed by atoms with Crippen molar-refractivity contribution < 1.29 is 39.0 Å². The highest BCUT2D eigenvalue weighted by molar-refractivity contribution is 6.24. The molecule has 2 nitrogen and oxygen atoms in total. The molecule has 0 amide bonds. The molecule has 0 fully saturated rings. The first kappa shape index (κ1) is 9.39. The van der Waals surface area contributed by atoms with E-state index in [2.05, 4.69) is 0 Å². The van der Waals surface area contributed by atoms with E-state index in [1.807, 2.05) is 0 Å². The van der Waals surface area contributed by atoms with Crippen molar-refractivity contribution in [3.63, 3.8) is 0 Å². The lowest BCUT2D eigenvalue weighted by atomic mass is 9.85. The zero-order valence-electron chi connectivity index (χ0n) is 41.8. The molecule has 0 unspecified atom stereocenters. The predicted molar refractivity (Wildman–Crippen MR) is 167 cm³/mol. The monoisotopic (exact) mass is 532 g/mol. The molecule has 0 saturated heterocycles. The van der Waals surface area contributed by atoms with Gasteiger partial charge in [-0.05, 0) is 56.8 Å². The van der Waals surface area contributed by atoms with Crippen molar-refractivity contribution in [1.29, 1.82) is 0 Å². The summed E-state index contributed by atoms with van der Waals surface area (Å²) in [6.45, 7) is 0. The molecule has 40 heavy (non-hydrogen) atoms. The van der Waals surface area contributed by atoms with Crippen LogP contribution in [0, 0.1) is 0 Å². The molecular weight excluding hydrogens is 488 g/mol. The van der Waals surface area contributed by atoms with Crippen molar-refractivity contribution in [1.82, 2.24) is 0 Å². The van der Waals surface area contributed by atoms with E-state index in [1.165, 1.54) is 0 Å². The topological polar surface area (TPSA) is 26.3 Å². The minimum atomic E-state index is -0.904. The maximum absolute atomic E-state index is 9.48. The second kappa shape index (κ2) is 8.08. The third kappa shape index (κ3) is 2.93. The van der Waals surface area contributed by atoms with Gasteiger partial charge in [0.15, 0.2) is 0 Å². The fraction of sp³-hybridized carbons (Fsp3) is 0. The molecule has 2 heterocycles. The molecular formula is C38H22O2. The largest absolute Gasteiger partial charge is 0.456 e. The summed E-state index contributed by atoms with van der Waals surface area (Å²) in [6, 6.07) is -17.7. The second-order valence-electron chi connectivity index (χ2n) is 8.77. The average Bonchev–Trinajstić information content (AvgIpc) is 3.85. The van der Waals surface area contributed by atoms with Crippen molar-refractivity contribution in [2.75, 3.05) is 0 Å². The minimum Gasteiger partial charge on any atom is -0.456 e. The van der Waals surface area contributed by atoms with E-state index in [-0.39, 0.29) is 16.2 Å². The number of furan rings is 2. The van der Waals surface area contributed by atoms with Crippen LogP contribution in [0.4, 0.5) is 0 Å². The second-order valence-corrected chi connectivity index (χ2v) is 8.77. The van der Waals surface area contributed by atoms with Gasteiger partial charge in [-0.1, -0.05) is 109 Å². The van der Waals surface area contributed by atoms with Crippen molar-refractivity contribution in [3.05, 3.63) is 133 Å². The number of hydrogen-bond donors (Lipinski definition) is 0. The van der Waals surface area contributed by atoms with E-state index >= 15 is 0 Å². The predicted octanol–water partition coefficient (Wildman–Crippen LogP) is 11.1. The molecule has 0 bridgehead atoms. The molecule has 0 aliphatic heterocycles. The molecule has 186 valence electrons. The van der Waals surface area contributed by atoms with Crippen LogP contribution in [0.1, 0.15) is 30.2 Å². The highest BCUT2D eigenvalue weighted by Gasteiger charge is 2.20. The van der Waals surface area contributed by atoms with Crippen LogP contribution >= 0.6 is 0 Å². The van der Waals surface area contributed by atoms with Crippen LogP contribution in [0.25, 0.3) is 87.7 Å². The van der Waals surface area contributed by atoms with E-state index in [1.54, 1.807) is 0 Å². The van der Waals surface area contributed by atoms with Gasteiger partial charge in [0.05, 0.1) is 30.2 Å². The molecule has 0 radical (unpaired) electrons. The molecule has 2 aromatic heterocycles. The molecule has 2 heteroatoms. The Labute approximate surface area is 260 Å². The first-order valence-corrected chi connectivity index (χ1v) is 11.8. The third-order valence-electron chi connectivity index (χ3n) is 6.70. The van der Waals surface area contributed by atoms with Crippen LogP contribution in [0.15, 0.2) is 142 Å². The Bertz CT molecular complexity index is 3580. The van der Waals surface area contributed by atoms with Crippen molar-refractivity contribution in [3.8, 4) is 22.3 Å². The van der Waals surface area contributed by atoms with E-state index in [0.29, 0.717) is 0 Å². The van der Waals surface area contributed by atoms with Gasteiger partial charge in [0.1, 0.15) is 22.3 Å². The van der Waals surface area contributed by atoms with Gasteiger partial charge in [-0.25, -0.2) is 0 Å². The third-order valence-corrected chi connectivity index (χ3v) is 6.70. The highest BCUT2D eigenvalue weighted by Crippen LogP contribution is 2.47. The van der Waals surface area contributed by atoms with Gasteiger partial charge >= 0.3 is 0 Å². The lowest BCUT2D eigenvalue weighted by Crippen LogP contribution is -1.91. The van der Waals surface area contributed by atoms with Crippen LogP contribution < -0.4 is 0 Å². The number of fused-ring (bicyclic) bond motifs is 8. The summed E-state index contributed by atoms with van der Waals surface area (Å²) in [5.41, 5.74) is -4.54. The molecule has 7 aromatic carbocycles. The average molecular weight is 533 g/mol. The van der Waals surface area contributed by atoms with Crippen LogP contribution in [-0.2, 0) is 0 Å². The first-order chi connectivity index (χ1) is 29.0. The Hall–Kier alpha value is -5.34. The normalized spacial score (nSPS) is 19.7. The zero-order valence-corrected chi connectivity index (χ0v) is 19.8. The van der Waals surface area contributed by atoms with Crippen molar-refractivity contribution in [2.45, 2.75) is 0 Å². The Morgan fingerprint density at radius 2 is 0.875 bits per heavy atom. The van der Waals surface area contributed by atoms with Gasteiger partial charge in [-0.3, -0.25) is 0 Å². The lowest BCUT2D eigenvalue weighted by Gasteiger charge is -2.17. The lowest BCUT2D eigenvalue weighted by molar-refractivity contribution is 0.669. The summed E-state index contributed by atoms with van der Waals surface area (Å²) in [4.78, 5) is 0.